The Bertz CT molecular complexity index is 465. The van der Waals surface area contributed by atoms with E-state index in [1.807, 2.05) is 19.3 Å². The zero-order valence-corrected chi connectivity index (χ0v) is 10.2. The van der Waals surface area contributed by atoms with Crippen molar-refractivity contribution in [1.29, 1.82) is 0 Å². The molecule has 1 aromatic heterocycles. The quantitative estimate of drug-likeness (QED) is 0.856. The van der Waals surface area contributed by atoms with Crippen LogP contribution in [0.5, 0.6) is 5.88 Å². The van der Waals surface area contributed by atoms with E-state index in [9.17, 15) is 0 Å². The van der Waals surface area contributed by atoms with Crippen LogP contribution >= 0.6 is 0 Å². The number of hydrogen-bond donors (Lipinski definition) is 1. The van der Waals surface area contributed by atoms with Gasteiger partial charge in [-0.15, -0.1) is 5.10 Å². The van der Waals surface area contributed by atoms with Gasteiger partial charge in [0.1, 0.15) is 5.69 Å². The summed E-state index contributed by atoms with van der Waals surface area (Å²) in [7, 11) is 3.51. The van der Waals surface area contributed by atoms with Gasteiger partial charge >= 0.3 is 0 Å². The van der Waals surface area contributed by atoms with Crippen LogP contribution < -0.4 is 10.1 Å². The zero-order chi connectivity index (χ0) is 12.1. The van der Waals surface area contributed by atoms with Gasteiger partial charge in [0.25, 0.3) is 5.88 Å². The topological polar surface area (TPSA) is 39.1 Å². The average Bonchev–Trinajstić information content (AvgIpc) is 2.71. The van der Waals surface area contributed by atoms with Crippen LogP contribution in [0.15, 0.2) is 36.5 Å². The summed E-state index contributed by atoms with van der Waals surface area (Å²) < 4.78 is 6.91. The van der Waals surface area contributed by atoms with E-state index in [1.165, 1.54) is 5.56 Å². The highest BCUT2D eigenvalue weighted by molar-refractivity contribution is 5.51. The maximum Gasteiger partial charge on any atom is 0.256 e. The molecule has 0 amide bonds. The molecule has 0 radical (unpaired) electrons. The normalized spacial score (nSPS) is 10.2. The van der Waals surface area contributed by atoms with E-state index < -0.39 is 0 Å². The molecule has 0 aliphatic rings. The average molecular weight is 231 g/mol. The monoisotopic (exact) mass is 231 g/mol. The summed E-state index contributed by atoms with van der Waals surface area (Å²) in [6.07, 6.45) is 2.91. The van der Waals surface area contributed by atoms with E-state index in [4.69, 9.17) is 4.74 Å². The second kappa shape index (κ2) is 5.39. The number of nitrogens with one attached hydrogen (secondary N) is 1. The fourth-order valence-electron chi connectivity index (χ4n) is 1.73. The predicted octanol–water partition coefficient (Wildman–Crippen LogP) is 2.08. The van der Waals surface area contributed by atoms with Gasteiger partial charge in [-0.25, -0.2) is 0 Å². The molecule has 0 bridgehead atoms. The number of nitrogens with zero attached hydrogens (tertiary/aromatic N) is 2. The first kappa shape index (κ1) is 11.5. The number of anilines is 1. The van der Waals surface area contributed by atoms with Crippen LogP contribution in [0.3, 0.4) is 0 Å². The molecule has 2 aromatic rings. The molecular weight excluding hydrogens is 214 g/mol. The van der Waals surface area contributed by atoms with Gasteiger partial charge in [0.2, 0.25) is 0 Å². The molecule has 0 saturated carbocycles. The van der Waals surface area contributed by atoms with Crippen LogP contribution in [-0.4, -0.2) is 23.4 Å². The minimum atomic E-state index is 0.639. The first-order valence-electron chi connectivity index (χ1n) is 5.65. The minimum absolute atomic E-state index is 0.639. The second-order valence-electron chi connectivity index (χ2n) is 3.89. The molecule has 0 aliphatic heterocycles. The summed E-state index contributed by atoms with van der Waals surface area (Å²) in [6.45, 7) is 0.867. The van der Waals surface area contributed by atoms with Crippen molar-refractivity contribution in [2.24, 2.45) is 7.05 Å². The Labute approximate surface area is 101 Å². The zero-order valence-electron chi connectivity index (χ0n) is 10.2. The van der Waals surface area contributed by atoms with E-state index in [1.54, 1.807) is 11.8 Å². The molecule has 17 heavy (non-hydrogen) atoms. The van der Waals surface area contributed by atoms with Crippen molar-refractivity contribution < 1.29 is 4.74 Å². The summed E-state index contributed by atoms with van der Waals surface area (Å²) in [6, 6.07) is 10.4. The van der Waals surface area contributed by atoms with E-state index in [0.29, 0.717) is 5.88 Å². The molecule has 0 atom stereocenters. The molecule has 0 fully saturated rings. The smallest absolute Gasteiger partial charge is 0.256 e. The predicted molar refractivity (Wildman–Crippen MR) is 68.4 cm³/mol. The van der Waals surface area contributed by atoms with Crippen LogP contribution in [0.2, 0.25) is 0 Å². The molecule has 0 spiro atoms. The van der Waals surface area contributed by atoms with Gasteiger partial charge in [-0.2, -0.15) is 0 Å². The summed E-state index contributed by atoms with van der Waals surface area (Å²) >= 11 is 0. The van der Waals surface area contributed by atoms with Gasteiger partial charge < -0.3 is 10.1 Å². The lowest BCUT2D eigenvalue weighted by atomic mass is 10.1. The van der Waals surface area contributed by atoms with Crippen LogP contribution in [0, 0.1) is 0 Å². The SMILES string of the molecule is COc1nn(C)cc1NCCc1ccccc1. The number of rotatable bonds is 5. The number of methoxy groups -OCH3 is 1. The first-order valence-corrected chi connectivity index (χ1v) is 5.65. The van der Waals surface area contributed by atoms with Crippen molar-refractivity contribution in [3.63, 3.8) is 0 Å². The molecule has 2 rings (SSSR count). The molecule has 0 aliphatic carbocycles. The molecule has 4 heteroatoms. The number of aromatic nitrogens is 2. The van der Waals surface area contributed by atoms with Crippen LogP contribution in [0.25, 0.3) is 0 Å². The fourth-order valence-corrected chi connectivity index (χ4v) is 1.73. The van der Waals surface area contributed by atoms with Crippen molar-refractivity contribution in [3.05, 3.63) is 42.1 Å². The Hall–Kier alpha value is -1.97. The van der Waals surface area contributed by atoms with E-state index >= 15 is 0 Å². The molecule has 0 unspecified atom stereocenters. The van der Waals surface area contributed by atoms with Crippen molar-refractivity contribution in [1.82, 2.24) is 9.78 Å². The number of ether oxygens (including phenoxy) is 1. The third kappa shape index (κ3) is 3.00. The van der Waals surface area contributed by atoms with Gasteiger partial charge in [-0.3, -0.25) is 4.68 Å². The van der Waals surface area contributed by atoms with E-state index in [-0.39, 0.29) is 0 Å². The van der Waals surface area contributed by atoms with Crippen molar-refractivity contribution in [2.45, 2.75) is 6.42 Å². The van der Waals surface area contributed by atoms with Crippen LogP contribution in [0.1, 0.15) is 5.56 Å². The number of benzene rings is 1. The third-order valence-corrected chi connectivity index (χ3v) is 2.56. The van der Waals surface area contributed by atoms with Crippen LogP contribution in [-0.2, 0) is 13.5 Å². The lowest BCUT2D eigenvalue weighted by molar-refractivity contribution is 0.393. The van der Waals surface area contributed by atoms with Crippen molar-refractivity contribution >= 4 is 5.69 Å². The Morgan fingerprint density at radius 2 is 2.06 bits per heavy atom. The lowest BCUT2D eigenvalue weighted by Crippen LogP contribution is -2.05. The highest BCUT2D eigenvalue weighted by Gasteiger charge is 2.06. The Kier molecular flexibility index (Phi) is 3.65. The summed E-state index contributed by atoms with van der Waals surface area (Å²) in [5.74, 6) is 0.639. The summed E-state index contributed by atoms with van der Waals surface area (Å²) in [4.78, 5) is 0. The summed E-state index contributed by atoms with van der Waals surface area (Å²) in [5, 5.41) is 7.51. The highest BCUT2D eigenvalue weighted by Crippen LogP contribution is 2.20. The maximum absolute atomic E-state index is 5.17. The minimum Gasteiger partial charge on any atom is -0.478 e. The van der Waals surface area contributed by atoms with Gasteiger partial charge in [0.05, 0.1) is 13.3 Å². The maximum atomic E-state index is 5.17. The number of hydrogen-bond acceptors (Lipinski definition) is 3. The van der Waals surface area contributed by atoms with Gasteiger partial charge in [-0.05, 0) is 12.0 Å². The number of aryl methyl sites for hydroxylation is 1. The molecule has 4 nitrogen and oxygen atoms in total. The molecule has 1 N–H and O–H groups in total. The van der Waals surface area contributed by atoms with Gasteiger partial charge in [0, 0.05) is 13.6 Å². The van der Waals surface area contributed by atoms with E-state index in [0.717, 1.165) is 18.7 Å². The Morgan fingerprint density at radius 3 is 2.76 bits per heavy atom. The third-order valence-electron chi connectivity index (χ3n) is 2.56. The molecule has 90 valence electrons. The van der Waals surface area contributed by atoms with Crippen molar-refractivity contribution in [3.8, 4) is 5.88 Å². The fraction of sp³-hybridized carbons (Fsp3) is 0.308. The standard InChI is InChI=1S/C13H17N3O/c1-16-10-12(13(15-16)17-2)14-9-8-11-6-4-3-5-7-11/h3-7,10,14H,8-9H2,1-2H3. The Morgan fingerprint density at radius 1 is 1.29 bits per heavy atom. The van der Waals surface area contributed by atoms with E-state index in [2.05, 4.69) is 34.7 Å². The first-order chi connectivity index (χ1) is 8.29. The second-order valence-corrected chi connectivity index (χ2v) is 3.89. The van der Waals surface area contributed by atoms with Gasteiger partial charge in [0.15, 0.2) is 0 Å². The Balaban J connectivity index is 1.90. The summed E-state index contributed by atoms with van der Waals surface area (Å²) in [5.41, 5.74) is 2.26. The molecular formula is C13H17N3O. The molecule has 0 saturated heterocycles. The molecule has 1 aromatic carbocycles. The van der Waals surface area contributed by atoms with Crippen LogP contribution in [0.4, 0.5) is 5.69 Å². The lowest BCUT2D eigenvalue weighted by Gasteiger charge is -2.05. The molecule has 1 heterocycles. The highest BCUT2D eigenvalue weighted by atomic mass is 16.5. The van der Waals surface area contributed by atoms with Crippen molar-refractivity contribution in [2.75, 3.05) is 19.0 Å². The van der Waals surface area contributed by atoms with Gasteiger partial charge in [-0.1, -0.05) is 30.3 Å². The largest absolute Gasteiger partial charge is 0.478 e.